The number of anilines is 1. The summed E-state index contributed by atoms with van der Waals surface area (Å²) < 4.78 is 0. The summed E-state index contributed by atoms with van der Waals surface area (Å²) in [4.78, 5) is 12.2. The van der Waals surface area contributed by atoms with Gasteiger partial charge in [-0.2, -0.15) is 0 Å². The van der Waals surface area contributed by atoms with Crippen molar-refractivity contribution in [1.82, 2.24) is 5.32 Å². The zero-order valence-corrected chi connectivity index (χ0v) is 14.4. The van der Waals surface area contributed by atoms with Crippen LogP contribution in [0.25, 0.3) is 0 Å². The molecule has 0 aliphatic rings. The number of non-ortho nitro benzene ring substituents is 1. The van der Waals surface area contributed by atoms with Gasteiger partial charge in [0.1, 0.15) is 0 Å². The molecule has 23 heavy (non-hydrogen) atoms. The molecule has 2 aromatic rings. The molecule has 0 radical (unpaired) electrons. The molecule has 2 rings (SSSR count). The van der Waals surface area contributed by atoms with Crippen LogP contribution in [0.4, 0.5) is 11.4 Å². The molecular weight excluding hydrogens is 330 g/mol. The van der Waals surface area contributed by atoms with Crippen LogP contribution in [0.3, 0.4) is 0 Å². The first-order valence-electron chi connectivity index (χ1n) is 7.04. The Hall–Kier alpha value is -2.12. The van der Waals surface area contributed by atoms with Crippen LogP contribution in [0.5, 0.6) is 0 Å². The van der Waals surface area contributed by atoms with E-state index in [1.807, 2.05) is 38.1 Å². The van der Waals surface area contributed by atoms with Gasteiger partial charge in [-0.25, -0.2) is 0 Å². The second-order valence-corrected chi connectivity index (χ2v) is 6.69. The maximum atomic E-state index is 10.6. The van der Waals surface area contributed by atoms with E-state index in [1.54, 1.807) is 23.9 Å². The van der Waals surface area contributed by atoms with E-state index < -0.39 is 4.92 Å². The summed E-state index contributed by atoms with van der Waals surface area (Å²) in [6, 6.07) is 14.6. The number of hydrogen-bond acceptors (Lipinski definition) is 4. The summed E-state index contributed by atoms with van der Waals surface area (Å²) in [5.41, 5.74) is 1.01. The highest BCUT2D eigenvalue weighted by Gasteiger charge is 2.05. The van der Waals surface area contributed by atoms with E-state index in [1.165, 1.54) is 12.1 Å². The lowest BCUT2D eigenvalue weighted by Gasteiger charge is -2.13. The van der Waals surface area contributed by atoms with Crippen LogP contribution in [0.15, 0.2) is 58.3 Å². The number of nitrogens with one attached hydrogen (secondary N) is 2. The molecule has 2 aromatic carbocycles. The molecule has 0 heterocycles. The average Bonchev–Trinajstić information content (AvgIpc) is 2.49. The Morgan fingerprint density at radius 1 is 1.09 bits per heavy atom. The Balaban J connectivity index is 1.97. The Morgan fingerprint density at radius 3 is 2.09 bits per heavy atom. The highest BCUT2D eigenvalue weighted by molar-refractivity contribution is 7.99. The maximum Gasteiger partial charge on any atom is 0.269 e. The summed E-state index contributed by atoms with van der Waals surface area (Å²) in [5, 5.41) is 17.5. The molecule has 7 heteroatoms. The standard InChI is InChI=1S/C16H17N3O2S2/c1-11(2)17-16(22)18-12-3-7-14(8-4-12)23-15-9-5-13(6-10-15)19(20)21/h3-11H,1-2H3,(H2,17,18,22). The van der Waals surface area contributed by atoms with Crippen LogP contribution in [0.1, 0.15) is 13.8 Å². The monoisotopic (exact) mass is 347 g/mol. The minimum absolute atomic E-state index is 0.0973. The average molecular weight is 347 g/mol. The van der Waals surface area contributed by atoms with Crippen molar-refractivity contribution < 1.29 is 4.92 Å². The fourth-order valence-electron chi connectivity index (χ4n) is 1.81. The van der Waals surface area contributed by atoms with Crippen molar-refractivity contribution in [2.75, 3.05) is 5.32 Å². The van der Waals surface area contributed by atoms with Gasteiger partial charge < -0.3 is 10.6 Å². The van der Waals surface area contributed by atoms with Gasteiger partial charge in [-0.15, -0.1) is 0 Å². The van der Waals surface area contributed by atoms with Crippen LogP contribution in [-0.2, 0) is 0 Å². The quantitative estimate of drug-likeness (QED) is 0.473. The van der Waals surface area contributed by atoms with E-state index in [9.17, 15) is 10.1 Å². The molecule has 5 nitrogen and oxygen atoms in total. The van der Waals surface area contributed by atoms with Gasteiger partial charge in [0.25, 0.3) is 5.69 Å². The Labute approximate surface area is 144 Å². The highest BCUT2D eigenvalue weighted by atomic mass is 32.2. The van der Waals surface area contributed by atoms with Gasteiger partial charge in [0.05, 0.1) is 4.92 Å². The molecule has 0 atom stereocenters. The zero-order valence-electron chi connectivity index (χ0n) is 12.8. The maximum absolute atomic E-state index is 10.6. The summed E-state index contributed by atoms with van der Waals surface area (Å²) in [6.07, 6.45) is 0. The molecule has 0 saturated heterocycles. The highest BCUT2D eigenvalue weighted by Crippen LogP contribution is 2.29. The normalized spacial score (nSPS) is 10.4. The topological polar surface area (TPSA) is 67.2 Å². The molecule has 0 spiro atoms. The summed E-state index contributed by atoms with van der Waals surface area (Å²) >= 11 is 6.75. The number of hydrogen-bond donors (Lipinski definition) is 2. The molecule has 120 valence electrons. The molecule has 0 saturated carbocycles. The first-order valence-corrected chi connectivity index (χ1v) is 8.26. The largest absolute Gasteiger partial charge is 0.360 e. The van der Waals surface area contributed by atoms with Gasteiger partial charge in [-0.1, -0.05) is 11.8 Å². The number of nitrogens with zero attached hydrogens (tertiary/aromatic N) is 1. The molecular formula is C16H17N3O2S2. The molecule has 0 aromatic heterocycles. The van der Waals surface area contributed by atoms with Gasteiger partial charge in [0.15, 0.2) is 5.11 Å². The van der Waals surface area contributed by atoms with E-state index in [-0.39, 0.29) is 11.7 Å². The molecule has 0 aliphatic heterocycles. The molecule has 0 unspecified atom stereocenters. The predicted octanol–water partition coefficient (Wildman–Crippen LogP) is 4.44. The first-order chi connectivity index (χ1) is 10.9. The summed E-state index contributed by atoms with van der Waals surface area (Å²) in [5.74, 6) is 0. The van der Waals surface area contributed by atoms with E-state index in [2.05, 4.69) is 10.6 Å². The van der Waals surface area contributed by atoms with Crippen LogP contribution in [0, 0.1) is 10.1 Å². The van der Waals surface area contributed by atoms with Crippen LogP contribution < -0.4 is 10.6 Å². The van der Waals surface area contributed by atoms with Crippen LogP contribution in [-0.4, -0.2) is 16.1 Å². The van der Waals surface area contributed by atoms with Gasteiger partial charge >= 0.3 is 0 Å². The van der Waals surface area contributed by atoms with Gasteiger partial charge in [-0.3, -0.25) is 10.1 Å². The van der Waals surface area contributed by atoms with Crippen molar-refractivity contribution in [3.63, 3.8) is 0 Å². The second-order valence-electron chi connectivity index (χ2n) is 5.13. The molecule has 0 fully saturated rings. The Bertz CT molecular complexity index is 685. The van der Waals surface area contributed by atoms with Crippen molar-refractivity contribution in [3.05, 3.63) is 58.6 Å². The number of nitro groups is 1. The Morgan fingerprint density at radius 2 is 1.61 bits per heavy atom. The third kappa shape index (κ3) is 5.54. The van der Waals surface area contributed by atoms with Crippen molar-refractivity contribution in [2.24, 2.45) is 0 Å². The molecule has 0 aliphatic carbocycles. The number of nitro benzene ring substituents is 1. The summed E-state index contributed by atoms with van der Waals surface area (Å²) in [7, 11) is 0. The number of benzene rings is 2. The van der Waals surface area contributed by atoms with Crippen molar-refractivity contribution in [2.45, 2.75) is 29.7 Å². The minimum Gasteiger partial charge on any atom is -0.360 e. The summed E-state index contributed by atoms with van der Waals surface area (Å²) in [6.45, 7) is 4.05. The first kappa shape index (κ1) is 17.2. The Kier molecular flexibility index (Phi) is 5.95. The molecule has 0 bridgehead atoms. The van der Waals surface area contributed by atoms with E-state index in [0.29, 0.717) is 5.11 Å². The zero-order chi connectivity index (χ0) is 16.8. The second kappa shape index (κ2) is 7.94. The van der Waals surface area contributed by atoms with Crippen LogP contribution >= 0.6 is 24.0 Å². The van der Waals surface area contributed by atoms with Crippen LogP contribution in [0.2, 0.25) is 0 Å². The smallest absolute Gasteiger partial charge is 0.269 e. The number of rotatable bonds is 5. The van der Waals surface area contributed by atoms with E-state index >= 15 is 0 Å². The van der Waals surface area contributed by atoms with Gasteiger partial charge in [0, 0.05) is 33.7 Å². The van der Waals surface area contributed by atoms with Crippen molar-refractivity contribution in [3.8, 4) is 0 Å². The lowest BCUT2D eigenvalue weighted by atomic mass is 10.3. The predicted molar refractivity (Wildman–Crippen MR) is 98.2 cm³/mol. The lowest BCUT2D eigenvalue weighted by Crippen LogP contribution is -2.33. The third-order valence-corrected chi connectivity index (χ3v) is 4.05. The van der Waals surface area contributed by atoms with E-state index in [0.717, 1.165) is 15.5 Å². The SMILES string of the molecule is CC(C)NC(=S)Nc1ccc(Sc2ccc([N+](=O)[O-])cc2)cc1. The fraction of sp³-hybridized carbons (Fsp3) is 0.188. The third-order valence-electron chi connectivity index (χ3n) is 2.82. The lowest BCUT2D eigenvalue weighted by molar-refractivity contribution is -0.384. The number of thiocarbonyl (C=S) groups is 1. The minimum atomic E-state index is -0.400. The molecule has 2 N–H and O–H groups in total. The molecule has 0 amide bonds. The van der Waals surface area contributed by atoms with Gasteiger partial charge in [-0.05, 0) is 62.5 Å². The van der Waals surface area contributed by atoms with E-state index in [4.69, 9.17) is 12.2 Å². The van der Waals surface area contributed by atoms with Gasteiger partial charge in [0.2, 0.25) is 0 Å². The van der Waals surface area contributed by atoms with Crippen molar-refractivity contribution in [1.29, 1.82) is 0 Å². The van der Waals surface area contributed by atoms with Crippen molar-refractivity contribution >= 4 is 40.5 Å². The fourth-order valence-corrected chi connectivity index (χ4v) is 2.98.